The fourth-order valence-corrected chi connectivity index (χ4v) is 2.18. The SMILES string of the molecule is CC(C)CC(CNC1CC1)COCC1CC1. The van der Waals surface area contributed by atoms with Crippen molar-refractivity contribution in [3.63, 3.8) is 0 Å². The molecule has 2 nitrogen and oxygen atoms in total. The molecule has 0 heterocycles. The maximum atomic E-state index is 5.83. The van der Waals surface area contributed by atoms with Crippen LogP contribution in [0.5, 0.6) is 0 Å². The largest absolute Gasteiger partial charge is 0.381 e. The molecule has 16 heavy (non-hydrogen) atoms. The molecule has 1 atom stereocenters. The molecular weight excluding hydrogens is 198 g/mol. The van der Waals surface area contributed by atoms with Crippen LogP contribution in [0.2, 0.25) is 0 Å². The molecule has 0 aromatic heterocycles. The summed E-state index contributed by atoms with van der Waals surface area (Å²) in [5.74, 6) is 2.41. The normalized spacial score (nSPS) is 22.7. The van der Waals surface area contributed by atoms with E-state index < -0.39 is 0 Å². The minimum atomic E-state index is 0.722. The molecule has 1 N–H and O–H groups in total. The summed E-state index contributed by atoms with van der Waals surface area (Å²) in [5.41, 5.74) is 0. The molecule has 0 saturated heterocycles. The van der Waals surface area contributed by atoms with Crippen molar-refractivity contribution in [3.05, 3.63) is 0 Å². The van der Waals surface area contributed by atoms with Gasteiger partial charge in [0, 0.05) is 19.2 Å². The molecule has 0 radical (unpaired) electrons. The average molecular weight is 225 g/mol. The van der Waals surface area contributed by atoms with Gasteiger partial charge in [-0.1, -0.05) is 13.8 Å². The van der Waals surface area contributed by atoms with E-state index in [2.05, 4.69) is 19.2 Å². The monoisotopic (exact) mass is 225 g/mol. The third-order valence-electron chi connectivity index (χ3n) is 3.48. The van der Waals surface area contributed by atoms with Gasteiger partial charge in [0.25, 0.3) is 0 Å². The number of ether oxygens (including phenoxy) is 1. The summed E-state index contributed by atoms with van der Waals surface area (Å²) < 4.78 is 5.83. The molecule has 0 amide bonds. The van der Waals surface area contributed by atoms with Crippen LogP contribution in [0.1, 0.15) is 46.0 Å². The standard InChI is InChI=1S/C14H27NO/c1-11(2)7-13(8-15-14-5-6-14)10-16-9-12-3-4-12/h11-15H,3-10H2,1-2H3. The van der Waals surface area contributed by atoms with Crippen molar-refractivity contribution in [2.75, 3.05) is 19.8 Å². The van der Waals surface area contributed by atoms with Crippen LogP contribution in [0.15, 0.2) is 0 Å². The van der Waals surface area contributed by atoms with Crippen molar-refractivity contribution in [2.45, 2.75) is 52.0 Å². The van der Waals surface area contributed by atoms with E-state index in [0.29, 0.717) is 0 Å². The highest BCUT2D eigenvalue weighted by atomic mass is 16.5. The molecule has 2 rings (SSSR count). The highest BCUT2D eigenvalue weighted by Gasteiger charge is 2.24. The Morgan fingerprint density at radius 1 is 1.19 bits per heavy atom. The molecule has 2 aliphatic rings. The van der Waals surface area contributed by atoms with Gasteiger partial charge in [-0.25, -0.2) is 0 Å². The fraction of sp³-hybridized carbons (Fsp3) is 1.00. The van der Waals surface area contributed by atoms with Crippen LogP contribution in [0.3, 0.4) is 0 Å². The Labute approximate surface area is 100 Å². The Kier molecular flexibility index (Phi) is 4.66. The first kappa shape index (κ1) is 12.4. The maximum Gasteiger partial charge on any atom is 0.0506 e. The van der Waals surface area contributed by atoms with E-state index in [1.165, 1.54) is 32.1 Å². The lowest BCUT2D eigenvalue weighted by Gasteiger charge is -2.19. The molecule has 2 heteroatoms. The van der Waals surface area contributed by atoms with Crippen LogP contribution >= 0.6 is 0 Å². The van der Waals surface area contributed by atoms with Crippen LogP contribution < -0.4 is 5.32 Å². The van der Waals surface area contributed by atoms with Gasteiger partial charge in [-0.3, -0.25) is 0 Å². The fourth-order valence-electron chi connectivity index (χ4n) is 2.18. The number of nitrogens with one attached hydrogen (secondary N) is 1. The number of hydrogen-bond acceptors (Lipinski definition) is 2. The number of hydrogen-bond donors (Lipinski definition) is 1. The summed E-state index contributed by atoms with van der Waals surface area (Å²) in [5, 5.41) is 3.64. The predicted molar refractivity (Wildman–Crippen MR) is 67.5 cm³/mol. The van der Waals surface area contributed by atoms with E-state index in [4.69, 9.17) is 4.74 Å². The minimum Gasteiger partial charge on any atom is -0.381 e. The zero-order valence-corrected chi connectivity index (χ0v) is 10.9. The van der Waals surface area contributed by atoms with Crippen molar-refractivity contribution in [2.24, 2.45) is 17.8 Å². The van der Waals surface area contributed by atoms with Gasteiger partial charge in [-0.15, -0.1) is 0 Å². The molecule has 2 aliphatic carbocycles. The van der Waals surface area contributed by atoms with Gasteiger partial charge in [0.1, 0.15) is 0 Å². The van der Waals surface area contributed by atoms with E-state index in [0.717, 1.165) is 43.6 Å². The molecule has 1 unspecified atom stereocenters. The van der Waals surface area contributed by atoms with Crippen LogP contribution in [-0.2, 0) is 4.74 Å². The lowest BCUT2D eigenvalue weighted by molar-refractivity contribution is 0.0835. The van der Waals surface area contributed by atoms with Crippen molar-refractivity contribution in [1.82, 2.24) is 5.32 Å². The Hall–Kier alpha value is -0.0800. The lowest BCUT2D eigenvalue weighted by atomic mass is 9.98. The predicted octanol–water partition coefficient (Wildman–Crippen LogP) is 2.83. The summed E-state index contributed by atoms with van der Waals surface area (Å²) in [6.45, 7) is 7.76. The second-order valence-electron chi connectivity index (χ2n) is 6.16. The molecule has 2 saturated carbocycles. The Balaban J connectivity index is 1.58. The van der Waals surface area contributed by atoms with Crippen molar-refractivity contribution >= 4 is 0 Å². The quantitative estimate of drug-likeness (QED) is 0.651. The van der Waals surface area contributed by atoms with E-state index in [9.17, 15) is 0 Å². The van der Waals surface area contributed by atoms with Gasteiger partial charge >= 0.3 is 0 Å². The van der Waals surface area contributed by atoms with Crippen LogP contribution in [0.4, 0.5) is 0 Å². The smallest absolute Gasteiger partial charge is 0.0506 e. The molecule has 0 aromatic rings. The second-order valence-corrected chi connectivity index (χ2v) is 6.16. The zero-order chi connectivity index (χ0) is 11.4. The van der Waals surface area contributed by atoms with E-state index >= 15 is 0 Å². The van der Waals surface area contributed by atoms with Crippen molar-refractivity contribution in [1.29, 1.82) is 0 Å². The second kappa shape index (κ2) is 6.02. The molecule has 0 bridgehead atoms. The van der Waals surface area contributed by atoms with Crippen LogP contribution in [0, 0.1) is 17.8 Å². The molecule has 0 aliphatic heterocycles. The highest BCUT2D eigenvalue weighted by Crippen LogP contribution is 2.29. The first-order valence-corrected chi connectivity index (χ1v) is 7.05. The third-order valence-corrected chi connectivity index (χ3v) is 3.48. The Morgan fingerprint density at radius 3 is 2.50 bits per heavy atom. The van der Waals surface area contributed by atoms with Gasteiger partial charge in [0.2, 0.25) is 0 Å². The summed E-state index contributed by atoms with van der Waals surface area (Å²) in [6.07, 6.45) is 6.86. The average Bonchev–Trinajstić information content (AvgIpc) is 3.08. The van der Waals surface area contributed by atoms with Crippen molar-refractivity contribution in [3.8, 4) is 0 Å². The highest BCUT2D eigenvalue weighted by molar-refractivity contribution is 4.82. The summed E-state index contributed by atoms with van der Waals surface area (Å²) in [6, 6.07) is 0.832. The summed E-state index contributed by atoms with van der Waals surface area (Å²) in [7, 11) is 0. The molecule has 94 valence electrons. The van der Waals surface area contributed by atoms with E-state index in [1.807, 2.05) is 0 Å². The van der Waals surface area contributed by atoms with Gasteiger partial charge in [-0.2, -0.15) is 0 Å². The Morgan fingerprint density at radius 2 is 1.94 bits per heavy atom. The molecular formula is C14H27NO. The first-order chi connectivity index (χ1) is 7.74. The number of rotatable bonds is 9. The summed E-state index contributed by atoms with van der Waals surface area (Å²) >= 11 is 0. The van der Waals surface area contributed by atoms with Crippen LogP contribution in [0.25, 0.3) is 0 Å². The maximum absolute atomic E-state index is 5.83. The van der Waals surface area contributed by atoms with Gasteiger partial charge in [0.15, 0.2) is 0 Å². The van der Waals surface area contributed by atoms with Crippen LogP contribution in [-0.4, -0.2) is 25.8 Å². The van der Waals surface area contributed by atoms with E-state index in [-0.39, 0.29) is 0 Å². The molecule has 2 fully saturated rings. The van der Waals surface area contributed by atoms with Gasteiger partial charge in [-0.05, 0) is 49.9 Å². The molecule has 0 spiro atoms. The first-order valence-electron chi connectivity index (χ1n) is 7.05. The van der Waals surface area contributed by atoms with Gasteiger partial charge in [0.05, 0.1) is 6.61 Å². The topological polar surface area (TPSA) is 21.3 Å². The zero-order valence-electron chi connectivity index (χ0n) is 10.9. The van der Waals surface area contributed by atoms with Gasteiger partial charge < -0.3 is 10.1 Å². The molecule has 0 aromatic carbocycles. The van der Waals surface area contributed by atoms with Crippen molar-refractivity contribution < 1.29 is 4.74 Å². The third kappa shape index (κ3) is 5.31. The van der Waals surface area contributed by atoms with E-state index in [1.54, 1.807) is 0 Å². The minimum absolute atomic E-state index is 0.722. The Bertz CT molecular complexity index is 197. The lowest BCUT2D eigenvalue weighted by Crippen LogP contribution is -2.29. The summed E-state index contributed by atoms with van der Waals surface area (Å²) in [4.78, 5) is 0.